The first kappa shape index (κ1) is 15.7. The Morgan fingerprint density at radius 2 is 1.45 bits per heavy atom. The number of ether oxygens (including phenoxy) is 1. The lowest BCUT2D eigenvalue weighted by Gasteiger charge is -2.09. The van der Waals surface area contributed by atoms with Crippen LogP contribution in [0, 0.1) is 0 Å². The quantitative estimate of drug-likeness (QED) is 0.808. The second-order valence-electron chi connectivity index (χ2n) is 4.13. The van der Waals surface area contributed by atoms with E-state index >= 15 is 0 Å². The van der Waals surface area contributed by atoms with Gasteiger partial charge in [0.25, 0.3) is 0 Å². The third-order valence-corrected chi connectivity index (χ3v) is 3.36. The molecule has 0 fully saturated rings. The molecule has 2 N–H and O–H groups in total. The molecule has 2 aromatic rings. The van der Waals surface area contributed by atoms with Crippen molar-refractivity contribution in [2.24, 2.45) is 0 Å². The fourth-order valence-corrected chi connectivity index (χ4v) is 2.06. The Morgan fingerprint density at radius 1 is 0.909 bits per heavy atom. The largest absolute Gasteiger partial charge is 0.768 e. The van der Waals surface area contributed by atoms with Gasteiger partial charge in [-0.15, -0.1) is 0 Å². The van der Waals surface area contributed by atoms with Gasteiger partial charge in [0.1, 0.15) is 11.5 Å². The molecule has 8 heteroatoms. The molecule has 22 heavy (non-hydrogen) atoms. The molecule has 2 rings (SSSR count). The lowest BCUT2D eigenvalue weighted by Crippen LogP contribution is -2.07. The molecule has 1 unspecified atom stereocenters. The van der Waals surface area contributed by atoms with Crippen molar-refractivity contribution in [2.45, 2.75) is 4.90 Å². The van der Waals surface area contributed by atoms with Crippen LogP contribution in [-0.2, 0) is 11.1 Å². The first-order valence-electron chi connectivity index (χ1n) is 5.86. The van der Waals surface area contributed by atoms with E-state index in [-0.39, 0.29) is 22.0 Å². The van der Waals surface area contributed by atoms with E-state index in [2.05, 4.69) is 0 Å². The summed E-state index contributed by atoms with van der Waals surface area (Å²) in [5.41, 5.74) is -0.751. The van der Waals surface area contributed by atoms with Gasteiger partial charge in [0, 0.05) is 4.90 Å². The molecule has 0 heterocycles. The van der Waals surface area contributed by atoms with Crippen molar-refractivity contribution < 1.29 is 33.3 Å². The summed E-state index contributed by atoms with van der Waals surface area (Å²) in [6, 6.07) is 8.97. The third kappa shape index (κ3) is 3.48. The van der Waals surface area contributed by atoms with E-state index in [0.29, 0.717) is 0 Å². The standard InChI is InChI=1S/C14H10O7S/c15-13(16)11-6-3-9(7-12(11)14(17)18)21-8-1-4-10(5-2-8)22(19)20/h1-7H,(H,15,16)(H,17,18)(H,19,20)/p-1. The molecule has 0 saturated carbocycles. The zero-order chi connectivity index (χ0) is 16.3. The highest BCUT2D eigenvalue weighted by Gasteiger charge is 2.17. The van der Waals surface area contributed by atoms with Gasteiger partial charge in [-0.2, -0.15) is 0 Å². The fraction of sp³-hybridized carbons (Fsp3) is 0. The van der Waals surface area contributed by atoms with E-state index in [9.17, 15) is 18.4 Å². The third-order valence-electron chi connectivity index (χ3n) is 2.70. The smallest absolute Gasteiger partial charge is 0.336 e. The van der Waals surface area contributed by atoms with Crippen LogP contribution >= 0.6 is 0 Å². The second kappa shape index (κ2) is 6.37. The minimum atomic E-state index is -2.35. The molecule has 114 valence electrons. The van der Waals surface area contributed by atoms with Gasteiger partial charge < -0.3 is 19.5 Å². The van der Waals surface area contributed by atoms with Gasteiger partial charge in [-0.3, -0.25) is 4.21 Å². The van der Waals surface area contributed by atoms with Crippen LogP contribution < -0.4 is 4.74 Å². The van der Waals surface area contributed by atoms with E-state index < -0.39 is 28.6 Å². The van der Waals surface area contributed by atoms with Crippen molar-refractivity contribution in [1.29, 1.82) is 0 Å². The molecule has 0 saturated heterocycles. The van der Waals surface area contributed by atoms with Crippen molar-refractivity contribution in [1.82, 2.24) is 0 Å². The lowest BCUT2D eigenvalue weighted by molar-refractivity contribution is 0.0651. The van der Waals surface area contributed by atoms with Crippen LogP contribution in [0.3, 0.4) is 0 Å². The maximum absolute atomic E-state index is 11.1. The molecule has 0 spiro atoms. The summed E-state index contributed by atoms with van der Waals surface area (Å²) in [6.07, 6.45) is 0. The topological polar surface area (TPSA) is 124 Å². The monoisotopic (exact) mass is 321 g/mol. The molecule has 7 nitrogen and oxygen atoms in total. The molecule has 2 aromatic carbocycles. The van der Waals surface area contributed by atoms with Crippen LogP contribution in [0.2, 0.25) is 0 Å². The molecule has 0 aromatic heterocycles. The number of hydrogen-bond donors (Lipinski definition) is 2. The average Bonchev–Trinajstić information content (AvgIpc) is 2.47. The molecular formula is C14H9O7S-. The Bertz CT molecular complexity index is 752. The molecule has 0 aliphatic carbocycles. The van der Waals surface area contributed by atoms with Crippen molar-refractivity contribution in [2.75, 3.05) is 0 Å². The minimum Gasteiger partial charge on any atom is -0.768 e. The van der Waals surface area contributed by atoms with Gasteiger partial charge in [-0.1, -0.05) is 0 Å². The number of carboxylic acid groups (broad SMARTS) is 2. The number of rotatable bonds is 5. The Labute approximate surface area is 127 Å². The highest BCUT2D eigenvalue weighted by atomic mass is 32.2. The zero-order valence-corrected chi connectivity index (χ0v) is 11.7. The van der Waals surface area contributed by atoms with E-state index in [1.165, 1.54) is 30.3 Å². The van der Waals surface area contributed by atoms with Crippen LogP contribution in [0.5, 0.6) is 11.5 Å². The Balaban J connectivity index is 2.30. The minimum absolute atomic E-state index is 0.0831. The van der Waals surface area contributed by atoms with Gasteiger partial charge in [0.2, 0.25) is 0 Å². The number of benzene rings is 2. The number of aromatic carboxylic acids is 2. The first-order chi connectivity index (χ1) is 10.4. The van der Waals surface area contributed by atoms with Crippen LogP contribution in [0.1, 0.15) is 20.7 Å². The highest BCUT2D eigenvalue weighted by Crippen LogP contribution is 2.25. The maximum atomic E-state index is 11.1. The zero-order valence-electron chi connectivity index (χ0n) is 10.9. The molecular weight excluding hydrogens is 312 g/mol. The van der Waals surface area contributed by atoms with Gasteiger partial charge >= 0.3 is 11.9 Å². The van der Waals surface area contributed by atoms with E-state index in [4.69, 9.17) is 14.9 Å². The SMILES string of the molecule is O=C(O)c1ccc(Oc2ccc(S(=O)[O-])cc2)cc1C(=O)O. The molecule has 0 aliphatic heterocycles. The van der Waals surface area contributed by atoms with Crippen LogP contribution in [0.15, 0.2) is 47.4 Å². The summed E-state index contributed by atoms with van der Waals surface area (Å²) in [6.45, 7) is 0. The van der Waals surface area contributed by atoms with Crippen LogP contribution in [-0.4, -0.2) is 30.9 Å². The summed E-state index contributed by atoms with van der Waals surface area (Å²) in [5, 5.41) is 17.9. The van der Waals surface area contributed by atoms with Gasteiger partial charge in [0.05, 0.1) is 11.1 Å². The summed E-state index contributed by atoms with van der Waals surface area (Å²) >= 11 is -2.35. The maximum Gasteiger partial charge on any atom is 0.336 e. The van der Waals surface area contributed by atoms with Crippen molar-refractivity contribution in [3.05, 3.63) is 53.6 Å². The van der Waals surface area contributed by atoms with Crippen molar-refractivity contribution in [3.8, 4) is 11.5 Å². The summed E-state index contributed by atoms with van der Waals surface area (Å²) in [5.74, 6) is -2.34. The normalized spacial score (nSPS) is 11.7. The summed E-state index contributed by atoms with van der Waals surface area (Å²) in [7, 11) is 0. The van der Waals surface area contributed by atoms with Crippen molar-refractivity contribution in [3.63, 3.8) is 0 Å². The average molecular weight is 321 g/mol. The molecule has 0 radical (unpaired) electrons. The number of carbonyl (C=O) groups is 2. The number of carboxylic acids is 2. The lowest BCUT2D eigenvalue weighted by atomic mass is 10.1. The Morgan fingerprint density at radius 3 is 1.95 bits per heavy atom. The Kier molecular flexibility index (Phi) is 4.54. The predicted molar refractivity (Wildman–Crippen MR) is 74.1 cm³/mol. The van der Waals surface area contributed by atoms with E-state index in [1.54, 1.807) is 0 Å². The molecule has 0 amide bonds. The summed E-state index contributed by atoms with van der Waals surface area (Å²) in [4.78, 5) is 22.1. The predicted octanol–water partition coefficient (Wildman–Crippen LogP) is 2.11. The van der Waals surface area contributed by atoms with E-state index in [0.717, 1.165) is 12.1 Å². The Hall–Kier alpha value is -2.71. The highest BCUT2D eigenvalue weighted by molar-refractivity contribution is 7.79. The van der Waals surface area contributed by atoms with Crippen molar-refractivity contribution >= 4 is 23.0 Å². The first-order valence-corrected chi connectivity index (χ1v) is 6.94. The second-order valence-corrected chi connectivity index (χ2v) is 5.07. The van der Waals surface area contributed by atoms with Gasteiger partial charge in [-0.05, 0) is 53.5 Å². The molecule has 1 atom stereocenters. The van der Waals surface area contributed by atoms with Crippen LogP contribution in [0.25, 0.3) is 0 Å². The van der Waals surface area contributed by atoms with E-state index in [1.807, 2.05) is 0 Å². The van der Waals surface area contributed by atoms with Crippen LogP contribution in [0.4, 0.5) is 0 Å². The summed E-state index contributed by atoms with van der Waals surface area (Å²) < 4.78 is 26.8. The fourth-order valence-electron chi connectivity index (χ4n) is 1.71. The number of hydrogen-bond acceptors (Lipinski definition) is 5. The molecule has 0 bridgehead atoms. The van der Waals surface area contributed by atoms with Gasteiger partial charge in [0.15, 0.2) is 0 Å². The molecule has 0 aliphatic rings. The van der Waals surface area contributed by atoms with Gasteiger partial charge in [-0.25, -0.2) is 9.59 Å².